The van der Waals surface area contributed by atoms with Crippen LogP contribution in [0.1, 0.15) is 38.8 Å². The number of hydrogen-bond acceptors (Lipinski definition) is 4. The highest BCUT2D eigenvalue weighted by atomic mass is 16.5. The summed E-state index contributed by atoms with van der Waals surface area (Å²) in [5.41, 5.74) is 2.54. The first-order valence-corrected chi connectivity index (χ1v) is 10.8. The van der Waals surface area contributed by atoms with Crippen LogP contribution < -0.4 is 9.47 Å². The molecule has 0 aliphatic rings. The minimum atomic E-state index is -0.202. The number of benzene rings is 4. The predicted octanol–water partition coefficient (Wildman–Crippen LogP) is 5.99. The Kier molecular flexibility index (Phi) is 6.96. The van der Waals surface area contributed by atoms with Crippen LogP contribution in [0.25, 0.3) is 0 Å². The molecule has 4 nitrogen and oxygen atoms in total. The number of ketones is 2. The van der Waals surface area contributed by atoms with Gasteiger partial charge in [-0.05, 0) is 55.5 Å². The predicted molar refractivity (Wildman–Crippen MR) is 128 cm³/mol. The zero-order chi connectivity index (χ0) is 23.0. The van der Waals surface area contributed by atoms with Gasteiger partial charge in [0.15, 0.2) is 11.6 Å². The van der Waals surface area contributed by atoms with Crippen molar-refractivity contribution in [3.8, 4) is 11.5 Å². The Morgan fingerprint density at radius 2 is 0.970 bits per heavy atom. The van der Waals surface area contributed by atoms with Crippen LogP contribution in [0.2, 0.25) is 0 Å². The fraction of sp³-hybridized carbons (Fsp3) is 0.103. The van der Waals surface area contributed by atoms with Gasteiger partial charge in [0.05, 0.1) is 0 Å². The van der Waals surface area contributed by atoms with Crippen molar-refractivity contribution in [1.82, 2.24) is 0 Å². The third kappa shape index (κ3) is 5.74. The van der Waals surface area contributed by atoms with E-state index in [4.69, 9.17) is 9.47 Å². The lowest BCUT2D eigenvalue weighted by atomic mass is 10.0. The molecule has 33 heavy (non-hydrogen) atoms. The second-order valence-electron chi connectivity index (χ2n) is 7.68. The summed E-state index contributed by atoms with van der Waals surface area (Å²) in [5.74, 6) is 1.29. The fourth-order valence-electron chi connectivity index (χ4n) is 3.38. The van der Waals surface area contributed by atoms with Gasteiger partial charge >= 0.3 is 0 Å². The Morgan fingerprint density at radius 1 is 0.576 bits per heavy atom. The molecule has 0 aliphatic heterocycles. The van der Waals surface area contributed by atoms with E-state index in [1.807, 2.05) is 43.3 Å². The maximum Gasteiger partial charge on any atom is 0.193 e. The van der Waals surface area contributed by atoms with Crippen molar-refractivity contribution >= 4 is 11.6 Å². The quantitative estimate of drug-likeness (QED) is 0.302. The monoisotopic (exact) mass is 436 g/mol. The largest absolute Gasteiger partial charge is 0.490 e. The Morgan fingerprint density at radius 3 is 1.42 bits per heavy atom. The number of carbonyl (C=O) groups excluding carboxylic acids is 2. The molecule has 164 valence electrons. The highest BCUT2D eigenvalue weighted by Crippen LogP contribution is 2.19. The van der Waals surface area contributed by atoms with Crippen molar-refractivity contribution in [2.75, 3.05) is 6.61 Å². The molecule has 0 saturated carbocycles. The first kappa shape index (κ1) is 22.0. The molecule has 0 bridgehead atoms. The van der Waals surface area contributed by atoms with Crippen molar-refractivity contribution in [3.63, 3.8) is 0 Å². The van der Waals surface area contributed by atoms with Gasteiger partial charge in [-0.1, -0.05) is 60.7 Å². The van der Waals surface area contributed by atoms with Gasteiger partial charge in [0.25, 0.3) is 0 Å². The Bertz CT molecular complexity index is 1200. The standard InChI is InChI=1S/C29H24O4/c1-21(33-27-18-14-25(15-19-27)29(31)23-10-6-3-7-11-23)20-32-26-16-12-24(13-17-26)28(30)22-8-4-2-5-9-22/h2-19,21H,20H2,1H3. The summed E-state index contributed by atoms with van der Waals surface area (Å²) < 4.78 is 11.7. The van der Waals surface area contributed by atoms with E-state index in [0.29, 0.717) is 40.4 Å². The zero-order valence-electron chi connectivity index (χ0n) is 18.3. The zero-order valence-corrected chi connectivity index (χ0v) is 18.3. The lowest BCUT2D eigenvalue weighted by Gasteiger charge is -2.16. The third-order valence-electron chi connectivity index (χ3n) is 5.13. The van der Waals surface area contributed by atoms with E-state index >= 15 is 0 Å². The van der Waals surface area contributed by atoms with Crippen LogP contribution in [0.15, 0.2) is 109 Å². The highest BCUT2D eigenvalue weighted by molar-refractivity contribution is 6.09. The van der Waals surface area contributed by atoms with Gasteiger partial charge < -0.3 is 9.47 Å². The van der Waals surface area contributed by atoms with Crippen molar-refractivity contribution in [2.45, 2.75) is 13.0 Å². The van der Waals surface area contributed by atoms with Crippen LogP contribution in [-0.2, 0) is 0 Å². The van der Waals surface area contributed by atoms with E-state index in [1.165, 1.54) is 0 Å². The van der Waals surface area contributed by atoms with Crippen molar-refractivity contribution < 1.29 is 19.1 Å². The Hall–Kier alpha value is -4.18. The molecule has 0 aromatic heterocycles. The molecule has 4 aromatic rings. The summed E-state index contributed by atoms with van der Waals surface area (Å²) in [5, 5.41) is 0. The number of carbonyl (C=O) groups is 2. The van der Waals surface area contributed by atoms with Crippen LogP contribution >= 0.6 is 0 Å². The maximum absolute atomic E-state index is 12.5. The topological polar surface area (TPSA) is 52.6 Å². The summed E-state index contributed by atoms with van der Waals surface area (Å²) in [7, 11) is 0. The molecule has 0 N–H and O–H groups in total. The van der Waals surface area contributed by atoms with Gasteiger partial charge in [0, 0.05) is 22.3 Å². The van der Waals surface area contributed by atoms with Gasteiger partial charge in [-0.15, -0.1) is 0 Å². The Labute approximate surface area is 193 Å². The molecule has 0 spiro atoms. The molecule has 1 atom stereocenters. The second-order valence-corrected chi connectivity index (χ2v) is 7.68. The van der Waals surface area contributed by atoms with E-state index in [-0.39, 0.29) is 17.7 Å². The molecule has 0 heterocycles. The van der Waals surface area contributed by atoms with Crippen LogP contribution in [0.3, 0.4) is 0 Å². The molecule has 4 heteroatoms. The summed E-state index contributed by atoms with van der Waals surface area (Å²) in [4.78, 5) is 25.0. The molecular weight excluding hydrogens is 412 g/mol. The lowest BCUT2D eigenvalue weighted by molar-refractivity contribution is 0.103. The number of ether oxygens (including phenoxy) is 2. The van der Waals surface area contributed by atoms with Gasteiger partial charge in [-0.25, -0.2) is 0 Å². The van der Waals surface area contributed by atoms with Crippen LogP contribution in [0.4, 0.5) is 0 Å². The lowest BCUT2D eigenvalue weighted by Crippen LogP contribution is -2.21. The minimum Gasteiger partial charge on any atom is -0.490 e. The molecule has 4 aromatic carbocycles. The van der Waals surface area contributed by atoms with E-state index < -0.39 is 0 Å². The molecule has 4 rings (SSSR count). The van der Waals surface area contributed by atoms with Gasteiger partial charge in [0.1, 0.15) is 24.2 Å². The maximum atomic E-state index is 12.5. The van der Waals surface area contributed by atoms with Crippen LogP contribution in [0.5, 0.6) is 11.5 Å². The molecule has 0 amide bonds. The average Bonchev–Trinajstić information content (AvgIpc) is 2.88. The van der Waals surface area contributed by atoms with Gasteiger partial charge in [-0.3, -0.25) is 9.59 Å². The number of rotatable bonds is 9. The van der Waals surface area contributed by atoms with Gasteiger partial charge in [0.2, 0.25) is 0 Å². The summed E-state index contributed by atoms with van der Waals surface area (Å²) in [6, 6.07) is 32.6. The average molecular weight is 437 g/mol. The SMILES string of the molecule is CC(COc1ccc(C(=O)c2ccccc2)cc1)Oc1ccc(C(=O)c2ccccc2)cc1. The Balaban J connectivity index is 1.29. The van der Waals surface area contributed by atoms with Crippen molar-refractivity contribution in [1.29, 1.82) is 0 Å². The van der Waals surface area contributed by atoms with E-state index in [2.05, 4.69) is 0 Å². The highest BCUT2D eigenvalue weighted by Gasteiger charge is 2.11. The van der Waals surface area contributed by atoms with Crippen molar-refractivity contribution in [3.05, 3.63) is 131 Å². The molecule has 0 saturated heterocycles. The second kappa shape index (κ2) is 10.4. The van der Waals surface area contributed by atoms with Crippen molar-refractivity contribution in [2.24, 2.45) is 0 Å². The number of hydrogen-bond donors (Lipinski definition) is 0. The van der Waals surface area contributed by atoms with Gasteiger partial charge in [-0.2, -0.15) is 0 Å². The first-order chi connectivity index (χ1) is 16.1. The first-order valence-electron chi connectivity index (χ1n) is 10.8. The fourth-order valence-corrected chi connectivity index (χ4v) is 3.38. The smallest absolute Gasteiger partial charge is 0.193 e. The molecule has 0 aliphatic carbocycles. The summed E-state index contributed by atoms with van der Waals surface area (Å²) in [6.45, 7) is 2.26. The molecule has 0 fully saturated rings. The molecular formula is C29H24O4. The summed E-state index contributed by atoms with van der Waals surface area (Å²) in [6.07, 6.45) is -0.202. The third-order valence-corrected chi connectivity index (χ3v) is 5.13. The molecule has 1 unspecified atom stereocenters. The van der Waals surface area contributed by atoms with Crippen LogP contribution in [-0.4, -0.2) is 24.3 Å². The van der Waals surface area contributed by atoms with Crippen LogP contribution in [0, 0.1) is 0 Å². The van der Waals surface area contributed by atoms with E-state index in [1.54, 1.807) is 72.8 Å². The van der Waals surface area contributed by atoms with E-state index in [9.17, 15) is 9.59 Å². The molecule has 0 radical (unpaired) electrons. The summed E-state index contributed by atoms with van der Waals surface area (Å²) >= 11 is 0. The normalized spacial score (nSPS) is 11.4. The minimum absolute atomic E-state index is 0.0203. The van der Waals surface area contributed by atoms with E-state index in [0.717, 1.165) is 0 Å².